The molecule has 9 heteroatoms. The van der Waals surface area contributed by atoms with Gasteiger partial charge in [-0.25, -0.2) is 0 Å². The van der Waals surface area contributed by atoms with Crippen LogP contribution in [0.4, 0.5) is 26.3 Å². The molecular weight excluding hydrogens is 378 g/mol. The molecule has 2 rings (SSSR count). The van der Waals surface area contributed by atoms with Crippen LogP contribution in [0.1, 0.15) is 18.4 Å². The van der Waals surface area contributed by atoms with Crippen LogP contribution in [-0.4, -0.2) is 48.1 Å². The lowest BCUT2D eigenvalue weighted by atomic mass is 10.1. The molecule has 1 aromatic heterocycles. The number of nitrogens with zero attached hydrogens (tertiary/aromatic N) is 1. The molecule has 1 heterocycles. The van der Waals surface area contributed by atoms with Gasteiger partial charge in [0.05, 0.1) is 12.8 Å². The zero-order chi connectivity index (χ0) is 19.4. The molecule has 0 atom stereocenters. The molecule has 0 unspecified atom stereocenters. The van der Waals surface area contributed by atoms with E-state index >= 15 is 0 Å². The number of hydrogen-bond donors (Lipinski definition) is 1. The molecule has 1 N–H and O–H groups in total. The number of nitrogens with one attached hydrogen (secondary N) is 1. The Labute approximate surface area is 151 Å². The molecule has 146 valence electrons. The zero-order valence-electron chi connectivity index (χ0n) is 14.2. The number of aromatic nitrogens is 1. The first-order valence-electron chi connectivity index (χ1n) is 8.07. The fraction of sp³-hybridized carbons (Fsp3) is 0.529. The summed E-state index contributed by atoms with van der Waals surface area (Å²) in [6.45, 7) is -0.724. The second-order valence-electron chi connectivity index (χ2n) is 6.05. The van der Waals surface area contributed by atoms with E-state index in [0.29, 0.717) is 6.42 Å². The standard InChI is InChI=1S/C17H20F6N2S/c1-26-13-2-3-15-14(10-13)12(11-24-15)4-7-25(8-5-16(18,19)20)9-6-17(21,22)23/h2-3,10-11,24H,4-9H2,1H3. The van der Waals surface area contributed by atoms with Crippen LogP contribution < -0.4 is 0 Å². The number of aromatic amines is 1. The predicted molar refractivity (Wildman–Crippen MR) is 91.6 cm³/mol. The molecule has 0 amide bonds. The number of halogens is 6. The first kappa shape index (κ1) is 21.0. The van der Waals surface area contributed by atoms with Gasteiger partial charge in [-0.1, -0.05) is 0 Å². The van der Waals surface area contributed by atoms with Crippen molar-refractivity contribution < 1.29 is 26.3 Å². The first-order chi connectivity index (χ1) is 12.1. The monoisotopic (exact) mass is 398 g/mol. The molecule has 2 nitrogen and oxygen atoms in total. The van der Waals surface area contributed by atoms with E-state index in [0.717, 1.165) is 21.4 Å². The number of thioether (sulfide) groups is 1. The summed E-state index contributed by atoms with van der Waals surface area (Å²) in [5.74, 6) is 0. The molecule has 0 aliphatic heterocycles. The Morgan fingerprint density at radius 1 is 0.962 bits per heavy atom. The Hall–Kier alpha value is -1.35. The highest BCUT2D eigenvalue weighted by atomic mass is 32.2. The molecule has 0 spiro atoms. The maximum absolute atomic E-state index is 12.4. The van der Waals surface area contributed by atoms with Crippen LogP contribution in [0.15, 0.2) is 29.3 Å². The van der Waals surface area contributed by atoms with Crippen molar-refractivity contribution in [2.75, 3.05) is 25.9 Å². The Kier molecular flexibility index (Phi) is 6.90. The summed E-state index contributed by atoms with van der Waals surface area (Å²) in [7, 11) is 0. The molecular formula is C17H20F6N2S. The van der Waals surface area contributed by atoms with Gasteiger partial charge in [-0.05, 0) is 36.4 Å². The molecule has 1 aromatic carbocycles. The van der Waals surface area contributed by atoms with E-state index in [1.165, 1.54) is 4.90 Å². The van der Waals surface area contributed by atoms with Crippen molar-refractivity contribution in [1.29, 1.82) is 0 Å². The van der Waals surface area contributed by atoms with Crippen LogP contribution in [0.5, 0.6) is 0 Å². The molecule has 0 aliphatic rings. The van der Waals surface area contributed by atoms with Crippen LogP contribution in [0, 0.1) is 0 Å². The molecule has 0 saturated carbocycles. The fourth-order valence-corrected chi connectivity index (χ4v) is 3.11. The van der Waals surface area contributed by atoms with Crippen molar-refractivity contribution in [3.05, 3.63) is 30.0 Å². The average molecular weight is 398 g/mol. The van der Waals surface area contributed by atoms with Gasteiger partial charge >= 0.3 is 12.4 Å². The van der Waals surface area contributed by atoms with Gasteiger partial charge in [0, 0.05) is 41.6 Å². The highest BCUT2D eigenvalue weighted by Crippen LogP contribution is 2.26. The Balaban J connectivity index is 2.05. The summed E-state index contributed by atoms with van der Waals surface area (Å²) >= 11 is 1.57. The van der Waals surface area contributed by atoms with Crippen molar-refractivity contribution in [1.82, 2.24) is 9.88 Å². The average Bonchev–Trinajstić information content (AvgIpc) is 2.94. The van der Waals surface area contributed by atoms with Gasteiger partial charge in [-0.3, -0.25) is 0 Å². The van der Waals surface area contributed by atoms with Crippen molar-refractivity contribution in [2.24, 2.45) is 0 Å². The van der Waals surface area contributed by atoms with Crippen molar-refractivity contribution >= 4 is 22.7 Å². The third kappa shape index (κ3) is 6.75. The molecule has 26 heavy (non-hydrogen) atoms. The molecule has 0 bridgehead atoms. The van der Waals surface area contributed by atoms with E-state index in [2.05, 4.69) is 4.98 Å². The molecule has 0 aliphatic carbocycles. The maximum Gasteiger partial charge on any atom is 0.390 e. The third-order valence-corrected chi connectivity index (χ3v) is 4.82. The van der Waals surface area contributed by atoms with Gasteiger partial charge in [-0.15, -0.1) is 11.8 Å². The zero-order valence-corrected chi connectivity index (χ0v) is 15.0. The SMILES string of the molecule is CSc1ccc2[nH]cc(CCN(CCC(F)(F)F)CCC(F)(F)F)c2c1. The van der Waals surface area contributed by atoms with E-state index in [-0.39, 0.29) is 6.54 Å². The maximum atomic E-state index is 12.4. The van der Waals surface area contributed by atoms with Crippen LogP contribution in [0.2, 0.25) is 0 Å². The molecule has 2 aromatic rings. The lowest BCUT2D eigenvalue weighted by Gasteiger charge is -2.23. The number of alkyl halides is 6. The van der Waals surface area contributed by atoms with E-state index in [9.17, 15) is 26.3 Å². The summed E-state index contributed by atoms with van der Waals surface area (Å²) in [5, 5.41) is 0.948. The second kappa shape index (κ2) is 8.56. The number of H-pyrrole nitrogens is 1. The van der Waals surface area contributed by atoms with Crippen LogP contribution >= 0.6 is 11.8 Å². The normalized spacial score (nSPS) is 13.1. The van der Waals surface area contributed by atoms with Crippen molar-refractivity contribution in [3.63, 3.8) is 0 Å². The van der Waals surface area contributed by atoms with Gasteiger partial charge < -0.3 is 9.88 Å². The van der Waals surface area contributed by atoms with E-state index < -0.39 is 38.3 Å². The van der Waals surface area contributed by atoms with Crippen molar-refractivity contribution in [2.45, 2.75) is 36.5 Å². The minimum Gasteiger partial charge on any atom is -0.361 e. The van der Waals surface area contributed by atoms with Crippen LogP contribution in [0.25, 0.3) is 10.9 Å². The van der Waals surface area contributed by atoms with Crippen LogP contribution in [0.3, 0.4) is 0 Å². The quantitative estimate of drug-likeness (QED) is 0.458. The number of hydrogen-bond acceptors (Lipinski definition) is 2. The topological polar surface area (TPSA) is 19.0 Å². The summed E-state index contributed by atoms with van der Waals surface area (Å²) in [6, 6.07) is 5.84. The van der Waals surface area contributed by atoms with E-state index in [4.69, 9.17) is 0 Å². The predicted octanol–water partition coefficient (Wildman–Crippen LogP) is 5.64. The van der Waals surface area contributed by atoms with Gasteiger partial charge in [0.2, 0.25) is 0 Å². The van der Waals surface area contributed by atoms with Crippen LogP contribution in [-0.2, 0) is 6.42 Å². The van der Waals surface area contributed by atoms with Gasteiger partial charge in [-0.2, -0.15) is 26.3 Å². The summed E-state index contributed by atoms with van der Waals surface area (Å²) < 4.78 is 74.6. The van der Waals surface area contributed by atoms with E-state index in [1.807, 2.05) is 24.5 Å². The number of benzene rings is 1. The Bertz CT molecular complexity index is 689. The third-order valence-electron chi connectivity index (χ3n) is 4.09. The van der Waals surface area contributed by atoms with E-state index in [1.54, 1.807) is 18.0 Å². The number of fused-ring (bicyclic) bond motifs is 1. The first-order valence-corrected chi connectivity index (χ1v) is 9.30. The molecule has 0 fully saturated rings. The Morgan fingerprint density at radius 2 is 1.58 bits per heavy atom. The lowest BCUT2D eigenvalue weighted by Crippen LogP contribution is -2.33. The second-order valence-corrected chi connectivity index (χ2v) is 6.93. The minimum absolute atomic E-state index is 0.141. The lowest BCUT2D eigenvalue weighted by molar-refractivity contribution is -0.145. The molecule has 0 radical (unpaired) electrons. The molecule has 0 saturated heterocycles. The summed E-state index contributed by atoms with van der Waals surface area (Å²) in [5.41, 5.74) is 1.79. The fourth-order valence-electron chi connectivity index (χ4n) is 2.68. The highest BCUT2D eigenvalue weighted by molar-refractivity contribution is 7.98. The summed E-state index contributed by atoms with van der Waals surface area (Å²) in [6.07, 6.45) is -6.92. The van der Waals surface area contributed by atoms with Crippen molar-refractivity contribution in [3.8, 4) is 0 Å². The smallest absolute Gasteiger partial charge is 0.361 e. The van der Waals surface area contributed by atoms with Gasteiger partial charge in [0.1, 0.15) is 0 Å². The highest BCUT2D eigenvalue weighted by Gasteiger charge is 2.30. The Morgan fingerprint density at radius 3 is 2.12 bits per heavy atom. The summed E-state index contributed by atoms with van der Waals surface area (Å²) in [4.78, 5) is 5.37. The van der Waals surface area contributed by atoms with Gasteiger partial charge in [0.15, 0.2) is 0 Å². The van der Waals surface area contributed by atoms with Gasteiger partial charge in [0.25, 0.3) is 0 Å². The number of rotatable bonds is 8. The largest absolute Gasteiger partial charge is 0.390 e. The minimum atomic E-state index is -4.38.